The maximum Gasteiger partial charge on any atom is 0.324 e. The van der Waals surface area contributed by atoms with E-state index in [1.54, 1.807) is 32.1 Å². The van der Waals surface area contributed by atoms with E-state index < -0.39 is 23.0 Å². The molecule has 2 aromatic rings. The molecule has 0 amide bonds. The highest BCUT2D eigenvalue weighted by molar-refractivity contribution is 5.99. The summed E-state index contributed by atoms with van der Waals surface area (Å²) in [4.78, 5) is 24.7. The molecule has 0 aliphatic heterocycles. The predicted molar refractivity (Wildman–Crippen MR) is 106 cm³/mol. The van der Waals surface area contributed by atoms with Gasteiger partial charge < -0.3 is 9.84 Å². The van der Waals surface area contributed by atoms with Gasteiger partial charge >= 0.3 is 11.9 Å². The Labute approximate surface area is 160 Å². The first kappa shape index (κ1) is 20.4. The monoisotopic (exact) mass is 366 g/mol. The molecule has 4 heteroatoms. The quantitative estimate of drug-likeness (QED) is 0.551. The Morgan fingerprint density at radius 3 is 2.04 bits per heavy atom. The highest BCUT2D eigenvalue weighted by Gasteiger charge is 2.45. The zero-order valence-corrected chi connectivity index (χ0v) is 16.1. The zero-order valence-electron chi connectivity index (χ0n) is 16.1. The number of ether oxygens (including phenoxy) is 1. The largest absolute Gasteiger partial charge is 0.480 e. The Kier molecular flexibility index (Phi) is 6.21. The van der Waals surface area contributed by atoms with Gasteiger partial charge in [0.05, 0.1) is 0 Å². The highest BCUT2D eigenvalue weighted by Crippen LogP contribution is 2.29. The molecule has 2 aromatic carbocycles. The van der Waals surface area contributed by atoms with E-state index in [1.165, 1.54) is 6.92 Å². The van der Waals surface area contributed by atoms with Crippen molar-refractivity contribution in [3.8, 4) is 0 Å². The Morgan fingerprint density at radius 2 is 1.52 bits per heavy atom. The van der Waals surface area contributed by atoms with Gasteiger partial charge in [-0.3, -0.25) is 9.59 Å². The van der Waals surface area contributed by atoms with Gasteiger partial charge in [-0.25, -0.2) is 0 Å². The van der Waals surface area contributed by atoms with Gasteiger partial charge in [-0.05, 0) is 43.9 Å². The molecule has 2 rings (SSSR count). The van der Waals surface area contributed by atoms with Crippen LogP contribution in [-0.2, 0) is 27.2 Å². The van der Waals surface area contributed by atoms with Crippen LogP contribution in [0.15, 0.2) is 61.2 Å². The van der Waals surface area contributed by atoms with Crippen molar-refractivity contribution in [3.05, 3.63) is 77.9 Å². The maximum atomic E-state index is 12.8. The van der Waals surface area contributed by atoms with E-state index in [9.17, 15) is 14.7 Å². The molecule has 142 valence electrons. The molecular formula is C23H26O4. The first-order valence-corrected chi connectivity index (χ1v) is 8.88. The minimum atomic E-state index is -1.66. The van der Waals surface area contributed by atoms with Crippen LogP contribution in [0.1, 0.15) is 37.5 Å². The molecule has 0 fully saturated rings. The van der Waals surface area contributed by atoms with Crippen LogP contribution < -0.4 is 0 Å². The van der Waals surface area contributed by atoms with E-state index in [2.05, 4.69) is 6.58 Å². The Bertz CT molecular complexity index is 806. The fourth-order valence-corrected chi connectivity index (χ4v) is 2.90. The predicted octanol–water partition coefficient (Wildman–Crippen LogP) is 4.53. The molecule has 4 nitrogen and oxygen atoms in total. The molecule has 0 heterocycles. The smallest absolute Gasteiger partial charge is 0.324 e. The number of carbonyl (C=O) groups excluding carboxylic acids is 1. The second kappa shape index (κ2) is 8.21. The van der Waals surface area contributed by atoms with Gasteiger partial charge in [0, 0.05) is 6.42 Å². The van der Waals surface area contributed by atoms with E-state index in [-0.39, 0.29) is 6.42 Å². The van der Waals surface area contributed by atoms with Crippen LogP contribution in [0.3, 0.4) is 0 Å². The average Bonchev–Trinajstić information content (AvgIpc) is 2.62. The second-order valence-electron chi connectivity index (χ2n) is 7.57. The van der Waals surface area contributed by atoms with Crippen LogP contribution in [-0.4, -0.2) is 22.6 Å². The number of benzene rings is 2. The minimum Gasteiger partial charge on any atom is -0.480 e. The summed E-state index contributed by atoms with van der Waals surface area (Å²) in [6.45, 7) is 8.69. The van der Waals surface area contributed by atoms with Gasteiger partial charge in [0.15, 0.2) is 5.41 Å². The van der Waals surface area contributed by atoms with Crippen LogP contribution in [0.5, 0.6) is 0 Å². The summed E-state index contributed by atoms with van der Waals surface area (Å²) < 4.78 is 5.65. The molecule has 1 unspecified atom stereocenters. The van der Waals surface area contributed by atoms with Gasteiger partial charge in [0.1, 0.15) is 5.60 Å². The van der Waals surface area contributed by atoms with Gasteiger partial charge in [0.2, 0.25) is 0 Å². The van der Waals surface area contributed by atoms with Crippen molar-refractivity contribution in [2.24, 2.45) is 5.41 Å². The maximum absolute atomic E-state index is 12.8. The molecule has 0 aromatic heterocycles. The first-order valence-electron chi connectivity index (χ1n) is 8.88. The molecule has 0 spiro atoms. The Morgan fingerprint density at radius 1 is 0.963 bits per heavy atom. The van der Waals surface area contributed by atoms with Crippen LogP contribution in [0.25, 0.3) is 6.08 Å². The van der Waals surface area contributed by atoms with Crippen LogP contribution >= 0.6 is 0 Å². The fourth-order valence-electron chi connectivity index (χ4n) is 2.90. The summed E-state index contributed by atoms with van der Waals surface area (Å²) in [7, 11) is 0. The lowest BCUT2D eigenvalue weighted by molar-refractivity contribution is -0.176. The fraction of sp³-hybridized carbons (Fsp3) is 0.304. The van der Waals surface area contributed by atoms with E-state index >= 15 is 0 Å². The van der Waals surface area contributed by atoms with Crippen molar-refractivity contribution in [3.63, 3.8) is 0 Å². The van der Waals surface area contributed by atoms with E-state index in [0.717, 1.165) is 16.7 Å². The molecule has 0 aliphatic carbocycles. The summed E-state index contributed by atoms with van der Waals surface area (Å²) >= 11 is 0. The number of esters is 1. The van der Waals surface area contributed by atoms with Gasteiger partial charge in [-0.2, -0.15) is 0 Å². The topological polar surface area (TPSA) is 63.6 Å². The summed E-state index contributed by atoms with van der Waals surface area (Å²) in [6.07, 6.45) is 2.27. The second-order valence-corrected chi connectivity index (χ2v) is 7.57. The molecule has 0 radical (unpaired) electrons. The van der Waals surface area contributed by atoms with E-state index in [1.807, 2.05) is 42.5 Å². The number of carboxylic acids is 1. The normalized spacial score (nSPS) is 13.4. The number of carbonyl (C=O) groups is 2. The summed E-state index contributed by atoms with van der Waals surface area (Å²) in [6, 6.07) is 17.0. The third-order valence-corrected chi connectivity index (χ3v) is 4.54. The van der Waals surface area contributed by atoms with E-state index in [4.69, 9.17) is 4.74 Å². The third-order valence-electron chi connectivity index (χ3n) is 4.54. The SMILES string of the molecule is C=Cc1ccc(CC(C)(C(=O)O)C(=O)OC(C)(C)Cc2ccccc2)cc1. The van der Waals surface area contributed by atoms with Crippen LogP contribution in [0.4, 0.5) is 0 Å². The molecule has 0 saturated carbocycles. The summed E-state index contributed by atoms with van der Waals surface area (Å²) in [5.74, 6) is -1.93. The summed E-state index contributed by atoms with van der Waals surface area (Å²) in [5.41, 5.74) is 0.226. The van der Waals surface area contributed by atoms with Crippen molar-refractivity contribution in [1.82, 2.24) is 0 Å². The number of carboxylic acid groups (broad SMARTS) is 1. The van der Waals surface area contributed by atoms with Crippen molar-refractivity contribution in [2.75, 3.05) is 0 Å². The van der Waals surface area contributed by atoms with Gasteiger partial charge in [-0.1, -0.05) is 67.3 Å². The lowest BCUT2D eigenvalue weighted by atomic mass is 9.83. The summed E-state index contributed by atoms with van der Waals surface area (Å²) in [5, 5.41) is 9.73. The highest BCUT2D eigenvalue weighted by atomic mass is 16.6. The van der Waals surface area contributed by atoms with Crippen molar-refractivity contribution < 1.29 is 19.4 Å². The standard InChI is InChI=1S/C23H26O4/c1-5-17-11-13-19(14-12-17)16-23(4,20(24)25)21(26)27-22(2,3)15-18-9-7-6-8-10-18/h5-14H,1,15-16H2,2-4H3,(H,24,25). The van der Waals surface area contributed by atoms with Gasteiger partial charge in [0.25, 0.3) is 0 Å². The zero-order chi connectivity index (χ0) is 20.1. The average molecular weight is 366 g/mol. The Hall–Kier alpha value is -2.88. The van der Waals surface area contributed by atoms with Crippen LogP contribution in [0.2, 0.25) is 0 Å². The van der Waals surface area contributed by atoms with Crippen molar-refractivity contribution in [2.45, 2.75) is 39.2 Å². The lowest BCUT2D eigenvalue weighted by Gasteiger charge is -2.31. The minimum absolute atomic E-state index is 0.0556. The van der Waals surface area contributed by atoms with Crippen molar-refractivity contribution >= 4 is 18.0 Å². The molecular weight excluding hydrogens is 340 g/mol. The number of hydrogen-bond donors (Lipinski definition) is 1. The first-order chi connectivity index (χ1) is 12.7. The lowest BCUT2D eigenvalue weighted by Crippen LogP contribution is -2.44. The van der Waals surface area contributed by atoms with E-state index in [0.29, 0.717) is 6.42 Å². The third kappa shape index (κ3) is 5.30. The Balaban J connectivity index is 2.17. The number of rotatable bonds is 8. The molecule has 0 bridgehead atoms. The molecule has 0 saturated heterocycles. The van der Waals surface area contributed by atoms with Crippen LogP contribution in [0, 0.1) is 5.41 Å². The number of aliphatic carboxylic acids is 1. The molecule has 0 aliphatic rings. The van der Waals surface area contributed by atoms with Gasteiger partial charge in [-0.15, -0.1) is 0 Å². The molecule has 1 atom stereocenters. The van der Waals surface area contributed by atoms with Crippen molar-refractivity contribution in [1.29, 1.82) is 0 Å². The number of hydrogen-bond acceptors (Lipinski definition) is 3. The molecule has 1 N–H and O–H groups in total. The molecule has 27 heavy (non-hydrogen) atoms.